The first-order valence-corrected chi connectivity index (χ1v) is 11.5. The van der Waals surface area contributed by atoms with Crippen LogP contribution in [0, 0.1) is 23.2 Å². The van der Waals surface area contributed by atoms with Crippen LogP contribution < -0.4 is 5.32 Å². The molecule has 2 saturated carbocycles. The van der Waals surface area contributed by atoms with Crippen molar-refractivity contribution in [3.63, 3.8) is 0 Å². The molecular formula is C23H23N5OS. The molecule has 3 aromatic heterocycles. The van der Waals surface area contributed by atoms with Crippen LogP contribution in [0.1, 0.15) is 19.3 Å². The van der Waals surface area contributed by atoms with Crippen molar-refractivity contribution >= 4 is 17.2 Å². The molecule has 3 aromatic rings. The van der Waals surface area contributed by atoms with Gasteiger partial charge in [0.2, 0.25) is 5.91 Å². The van der Waals surface area contributed by atoms with Crippen molar-refractivity contribution in [3.8, 4) is 21.8 Å². The Labute approximate surface area is 179 Å². The standard InChI is InChI=1S/C23H23N5OS/c29-22(16-12-15-3-4-18(16)23(15)5-6-23)26-9-10-28-21(20-2-1-11-30-20)17(13-27-28)19-14-24-7-8-25-19/h1-4,7-8,11,13-16,18H,5-6,9-10,12H2,(H,26,29). The highest BCUT2D eigenvalue weighted by Gasteiger charge is 2.63. The average molecular weight is 418 g/mol. The topological polar surface area (TPSA) is 72.7 Å². The van der Waals surface area contributed by atoms with Gasteiger partial charge >= 0.3 is 0 Å². The van der Waals surface area contributed by atoms with Crippen molar-refractivity contribution < 1.29 is 4.79 Å². The lowest BCUT2D eigenvalue weighted by atomic mass is 9.88. The van der Waals surface area contributed by atoms with Gasteiger partial charge in [-0.25, -0.2) is 0 Å². The van der Waals surface area contributed by atoms with Crippen LogP contribution in [0.5, 0.6) is 0 Å². The van der Waals surface area contributed by atoms with Crippen molar-refractivity contribution in [1.29, 1.82) is 0 Å². The van der Waals surface area contributed by atoms with Gasteiger partial charge in [0, 0.05) is 30.4 Å². The van der Waals surface area contributed by atoms with Crippen LogP contribution >= 0.6 is 11.3 Å². The van der Waals surface area contributed by atoms with Crippen LogP contribution in [0.15, 0.2) is 54.5 Å². The molecule has 152 valence electrons. The predicted octanol–water partition coefficient (Wildman–Crippen LogP) is 3.79. The van der Waals surface area contributed by atoms with Gasteiger partial charge in [0.05, 0.1) is 35.2 Å². The summed E-state index contributed by atoms with van der Waals surface area (Å²) in [7, 11) is 0. The quantitative estimate of drug-likeness (QED) is 0.620. The van der Waals surface area contributed by atoms with Crippen molar-refractivity contribution in [2.45, 2.75) is 25.8 Å². The fraction of sp³-hybridized carbons (Fsp3) is 0.391. The molecule has 0 radical (unpaired) electrons. The zero-order valence-corrected chi connectivity index (χ0v) is 17.4. The number of aromatic nitrogens is 4. The number of nitrogens with zero attached hydrogens (tertiary/aromatic N) is 4. The van der Waals surface area contributed by atoms with Gasteiger partial charge in [0.15, 0.2) is 0 Å². The number of amides is 1. The Morgan fingerprint density at radius 2 is 2.20 bits per heavy atom. The van der Waals surface area contributed by atoms with Crippen molar-refractivity contribution in [2.75, 3.05) is 6.54 Å². The predicted molar refractivity (Wildman–Crippen MR) is 115 cm³/mol. The first-order valence-electron chi connectivity index (χ1n) is 10.6. The number of nitrogens with one attached hydrogen (secondary N) is 1. The minimum Gasteiger partial charge on any atom is -0.354 e. The van der Waals surface area contributed by atoms with Gasteiger partial charge < -0.3 is 5.32 Å². The average Bonchev–Trinajstić information content (AvgIpc) is 3.09. The van der Waals surface area contributed by atoms with Gasteiger partial charge in [0.25, 0.3) is 0 Å². The Morgan fingerprint density at radius 3 is 2.93 bits per heavy atom. The molecule has 0 aromatic carbocycles. The maximum atomic E-state index is 12.9. The molecule has 1 amide bonds. The van der Waals surface area contributed by atoms with Crippen molar-refractivity contribution in [3.05, 3.63) is 54.5 Å². The highest BCUT2D eigenvalue weighted by molar-refractivity contribution is 7.13. The Kier molecular flexibility index (Phi) is 4.13. The smallest absolute Gasteiger partial charge is 0.223 e. The molecule has 3 unspecified atom stereocenters. The third-order valence-corrected chi connectivity index (χ3v) is 7.99. The van der Waals surface area contributed by atoms with Crippen LogP contribution in [-0.4, -0.2) is 32.2 Å². The SMILES string of the molecule is O=C(NCCn1ncc(-c2cnccn2)c1-c1cccs1)C1CC2C=CC1C21CC1. The molecule has 3 aliphatic carbocycles. The number of hydrogen-bond acceptors (Lipinski definition) is 5. The van der Waals surface area contributed by atoms with E-state index in [1.54, 1.807) is 29.9 Å². The first kappa shape index (κ1) is 18.0. The highest BCUT2D eigenvalue weighted by Crippen LogP contribution is 2.70. The van der Waals surface area contributed by atoms with E-state index in [1.807, 2.05) is 16.9 Å². The maximum Gasteiger partial charge on any atom is 0.223 e. The third-order valence-electron chi connectivity index (χ3n) is 7.11. The molecule has 3 heterocycles. The summed E-state index contributed by atoms with van der Waals surface area (Å²) in [4.78, 5) is 22.7. The molecule has 3 atom stereocenters. The van der Waals surface area contributed by atoms with E-state index >= 15 is 0 Å². The zero-order valence-electron chi connectivity index (χ0n) is 16.6. The van der Waals surface area contributed by atoms with Crippen molar-refractivity contribution in [2.24, 2.45) is 23.2 Å². The Morgan fingerprint density at radius 1 is 1.27 bits per heavy atom. The van der Waals surface area contributed by atoms with E-state index in [1.165, 1.54) is 12.8 Å². The fourth-order valence-electron chi connectivity index (χ4n) is 5.54. The Balaban J connectivity index is 1.18. The van der Waals surface area contributed by atoms with E-state index in [9.17, 15) is 4.79 Å². The Bertz CT molecular complexity index is 1100. The molecule has 6 nitrogen and oxygen atoms in total. The molecule has 6 rings (SSSR count). The minimum absolute atomic E-state index is 0.145. The van der Waals surface area contributed by atoms with Gasteiger partial charge in [-0.2, -0.15) is 5.10 Å². The van der Waals surface area contributed by atoms with E-state index < -0.39 is 0 Å². The Hall–Kier alpha value is -2.80. The molecule has 1 N–H and O–H groups in total. The minimum atomic E-state index is 0.145. The van der Waals surface area contributed by atoms with Gasteiger partial charge in [0.1, 0.15) is 0 Å². The number of allylic oxidation sites excluding steroid dienone is 2. The van der Waals surface area contributed by atoms with Crippen LogP contribution in [0.25, 0.3) is 21.8 Å². The first-order chi connectivity index (χ1) is 14.8. The number of hydrogen-bond donors (Lipinski definition) is 1. The fourth-order valence-corrected chi connectivity index (χ4v) is 6.33. The molecule has 0 aliphatic heterocycles. The summed E-state index contributed by atoms with van der Waals surface area (Å²) >= 11 is 1.67. The number of thiophene rings is 1. The molecule has 1 spiro atoms. The lowest BCUT2D eigenvalue weighted by molar-refractivity contribution is -0.125. The van der Waals surface area contributed by atoms with E-state index in [2.05, 4.69) is 44.0 Å². The molecule has 2 fully saturated rings. The summed E-state index contributed by atoms with van der Waals surface area (Å²) in [5, 5.41) is 9.85. The maximum absolute atomic E-state index is 12.9. The summed E-state index contributed by atoms with van der Waals surface area (Å²) in [5.74, 6) is 1.44. The lowest BCUT2D eigenvalue weighted by Gasteiger charge is -2.19. The molecule has 30 heavy (non-hydrogen) atoms. The van der Waals surface area contributed by atoms with Crippen LogP contribution in [-0.2, 0) is 11.3 Å². The second-order valence-corrected chi connectivity index (χ2v) is 9.53. The molecule has 2 bridgehead atoms. The normalized spacial score (nSPS) is 25.1. The van der Waals surface area contributed by atoms with E-state index in [-0.39, 0.29) is 11.8 Å². The lowest BCUT2D eigenvalue weighted by Crippen LogP contribution is -2.35. The molecular weight excluding hydrogens is 394 g/mol. The summed E-state index contributed by atoms with van der Waals surface area (Å²) in [5.41, 5.74) is 3.24. The number of carbonyl (C=O) groups is 1. The molecule has 3 aliphatic rings. The summed E-state index contributed by atoms with van der Waals surface area (Å²) in [6.45, 7) is 1.20. The van der Waals surface area contributed by atoms with E-state index in [4.69, 9.17) is 0 Å². The number of carbonyl (C=O) groups excluding carboxylic acids is 1. The summed E-state index contributed by atoms with van der Waals surface area (Å²) in [6, 6.07) is 4.13. The second kappa shape index (κ2) is 6.87. The second-order valence-electron chi connectivity index (χ2n) is 8.58. The largest absolute Gasteiger partial charge is 0.354 e. The van der Waals surface area contributed by atoms with Gasteiger partial charge in [-0.05, 0) is 48.0 Å². The zero-order chi connectivity index (χ0) is 20.1. The number of rotatable bonds is 6. The van der Waals surface area contributed by atoms with E-state index in [0.29, 0.717) is 30.3 Å². The van der Waals surface area contributed by atoms with Gasteiger partial charge in [-0.1, -0.05) is 18.2 Å². The summed E-state index contributed by atoms with van der Waals surface area (Å²) in [6.07, 6.45) is 15.2. The monoisotopic (exact) mass is 417 g/mol. The third kappa shape index (κ3) is 2.75. The van der Waals surface area contributed by atoms with Crippen LogP contribution in [0.2, 0.25) is 0 Å². The highest BCUT2D eigenvalue weighted by atomic mass is 32.1. The van der Waals surface area contributed by atoms with E-state index in [0.717, 1.165) is 28.2 Å². The molecule has 7 heteroatoms. The van der Waals surface area contributed by atoms with Gasteiger partial charge in [-0.3, -0.25) is 19.4 Å². The van der Waals surface area contributed by atoms with Crippen molar-refractivity contribution in [1.82, 2.24) is 25.1 Å². The molecule has 0 saturated heterocycles. The van der Waals surface area contributed by atoms with Crippen LogP contribution in [0.4, 0.5) is 0 Å². The summed E-state index contributed by atoms with van der Waals surface area (Å²) < 4.78 is 1.97. The van der Waals surface area contributed by atoms with Gasteiger partial charge in [-0.15, -0.1) is 11.3 Å². The van der Waals surface area contributed by atoms with Crippen LogP contribution in [0.3, 0.4) is 0 Å².